The molecule has 3 aromatic rings. The summed E-state index contributed by atoms with van der Waals surface area (Å²) in [5.41, 5.74) is 5.74. The Hall–Kier alpha value is -2.71. The molecule has 3 aromatic carbocycles. The van der Waals surface area contributed by atoms with Gasteiger partial charge in [0.25, 0.3) is 0 Å². The van der Waals surface area contributed by atoms with Crippen LogP contribution in [0.2, 0.25) is 5.02 Å². The lowest BCUT2D eigenvalue weighted by molar-refractivity contribution is 1.08. The first-order chi connectivity index (χ1) is 11.8. The van der Waals surface area contributed by atoms with Gasteiger partial charge in [-0.3, -0.25) is 4.99 Å². The van der Waals surface area contributed by atoms with Crippen molar-refractivity contribution in [2.24, 2.45) is 9.98 Å². The van der Waals surface area contributed by atoms with E-state index in [0.717, 1.165) is 33.8 Å². The molecule has 1 aliphatic rings. The van der Waals surface area contributed by atoms with Crippen LogP contribution >= 0.6 is 11.6 Å². The zero-order valence-corrected chi connectivity index (χ0v) is 13.7. The first-order valence-corrected chi connectivity index (χ1v) is 8.22. The van der Waals surface area contributed by atoms with Gasteiger partial charge in [-0.05, 0) is 12.1 Å². The molecule has 0 saturated heterocycles. The molecule has 1 aliphatic heterocycles. The second kappa shape index (κ2) is 6.42. The predicted molar refractivity (Wildman–Crippen MR) is 101 cm³/mol. The summed E-state index contributed by atoms with van der Waals surface area (Å²) in [4.78, 5) is 9.78. The molecule has 4 rings (SSSR count). The Morgan fingerprint density at radius 3 is 1.96 bits per heavy atom. The maximum Gasteiger partial charge on any atom is 0.0967 e. The molecule has 0 amide bonds. The van der Waals surface area contributed by atoms with E-state index in [1.807, 2.05) is 54.6 Å². The lowest BCUT2D eigenvalue weighted by Gasteiger charge is -2.09. The van der Waals surface area contributed by atoms with E-state index in [4.69, 9.17) is 21.6 Å². The van der Waals surface area contributed by atoms with Crippen molar-refractivity contribution in [3.05, 3.63) is 101 Å². The van der Waals surface area contributed by atoms with Crippen molar-refractivity contribution >= 4 is 28.7 Å². The Morgan fingerprint density at radius 1 is 0.667 bits per heavy atom. The highest BCUT2D eigenvalue weighted by molar-refractivity contribution is 6.54. The zero-order valence-electron chi connectivity index (χ0n) is 13.0. The minimum Gasteiger partial charge on any atom is -0.278 e. The Morgan fingerprint density at radius 2 is 1.29 bits per heavy atom. The summed E-state index contributed by atoms with van der Waals surface area (Å²) in [5, 5.41) is 0.710. The molecule has 0 N–H and O–H groups in total. The van der Waals surface area contributed by atoms with E-state index in [2.05, 4.69) is 24.3 Å². The van der Waals surface area contributed by atoms with Crippen LogP contribution in [-0.4, -0.2) is 11.4 Å². The average molecular weight is 331 g/mol. The normalized spacial score (nSPS) is 13.5. The molecule has 0 aromatic heterocycles. The van der Waals surface area contributed by atoms with Crippen LogP contribution in [0.3, 0.4) is 0 Å². The number of fused-ring (bicyclic) bond motifs is 1. The van der Waals surface area contributed by atoms with Gasteiger partial charge in [0.1, 0.15) is 0 Å². The van der Waals surface area contributed by atoms with Crippen LogP contribution in [0.15, 0.2) is 88.8 Å². The molecule has 0 radical (unpaired) electrons. The van der Waals surface area contributed by atoms with Crippen LogP contribution in [0.25, 0.3) is 0 Å². The zero-order chi connectivity index (χ0) is 16.4. The van der Waals surface area contributed by atoms with Gasteiger partial charge in [0.05, 0.1) is 23.7 Å². The summed E-state index contributed by atoms with van der Waals surface area (Å²) in [6.45, 7) is 0.527. The summed E-state index contributed by atoms with van der Waals surface area (Å²) in [5.74, 6) is 0. The molecule has 0 fully saturated rings. The van der Waals surface area contributed by atoms with Crippen molar-refractivity contribution < 1.29 is 0 Å². The Bertz CT molecular complexity index is 929. The SMILES string of the molecule is Clc1cccc2c1CN=C(c1ccccc1)C(c1ccccc1)=N2. The van der Waals surface area contributed by atoms with Gasteiger partial charge in [-0.2, -0.15) is 0 Å². The first-order valence-electron chi connectivity index (χ1n) is 7.84. The fraction of sp³-hybridized carbons (Fsp3) is 0.0476. The third-order valence-electron chi connectivity index (χ3n) is 4.04. The standard InChI is InChI=1S/C21H15ClN2/c22-18-12-7-13-19-17(18)14-23-20(15-8-3-1-4-9-15)21(24-19)16-10-5-2-6-11-16/h1-13H,14H2. The molecule has 0 saturated carbocycles. The van der Waals surface area contributed by atoms with Gasteiger partial charge < -0.3 is 0 Å². The van der Waals surface area contributed by atoms with Crippen LogP contribution in [0.1, 0.15) is 16.7 Å². The Kier molecular flexibility index (Phi) is 3.97. The summed E-state index contributed by atoms with van der Waals surface area (Å²) in [7, 11) is 0. The molecule has 24 heavy (non-hydrogen) atoms. The summed E-state index contributed by atoms with van der Waals surface area (Å²) in [6.07, 6.45) is 0. The smallest absolute Gasteiger partial charge is 0.0967 e. The summed E-state index contributed by atoms with van der Waals surface area (Å²) >= 11 is 6.36. The van der Waals surface area contributed by atoms with Crippen LogP contribution < -0.4 is 0 Å². The van der Waals surface area contributed by atoms with E-state index < -0.39 is 0 Å². The maximum absolute atomic E-state index is 6.36. The Balaban J connectivity index is 1.95. The number of benzene rings is 3. The fourth-order valence-corrected chi connectivity index (χ4v) is 3.07. The molecule has 0 bridgehead atoms. The number of hydrogen-bond acceptors (Lipinski definition) is 2. The Labute approximate surface area is 146 Å². The molecule has 116 valence electrons. The minimum absolute atomic E-state index is 0.527. The van der Waals surface area contributed by atoms with Gasteiger partial charge in [-0.1, -0.05) is 78.3 Å². The number of halogens is 1. The molecule has 2 nitrogen and oxygen atoms in total. The van der Waals surface area contributed by atoms with E-state index in [1.165, 1.54) is 0 Å². The van der Waals surface area contributed by atoms with Crippen molar-refractivity contribution in [3.8, 4) is 0 Å². The van der Waals surface area contributed by atoms with Crippen LogP contribution in [0.5, 0.6) is 0 Å². The number of nitrogens with zero attached hydrogens (tertiary/aromatic N) is 2. The van der Waals surface area contributed by atoms with Gasteiger partial charge >= 0.3 is 0 Å². The number of rotatable bonds is 2. The van der Waals surface area contributed by atoms with E-state index in [0.29, 0.717) is 11.6 Å². The van der Waals surface area contributed by atoms with Gasteiger partial charge in [-0.25, -0.2) is 4.99 Å². The highest BCUT2D eigenvalue weighted by atomic mass is 35.5. The fourth-order valence-electron chi connectivity index (χ4n) is 2.84. The lowest BCUT2D eigenvalue weighted by Crippen LogP contribution is -2.16. The van der Waals surface area contributed by atoms with Gasteiger partial charge in [0.2, 0.25) is 0 Å². The highest BCUT2D eigenvalue weighted by Crippen LogP contribution is 2.31. The predicted octanol–water partition coefficient (Wildman–Crippen LogP) is 5.46. The molecule has 0 spiro atoms. The van der Waals surface area contributed by atoms with E-state index in [-0.39, 0.29) is 0 Å². The summed E-state index contributed by atoms with van der Waals surface area (Å²) in [6, 6.07) is 26.2. The van der Waals surface area contributed by atoms with Crippen molar-refractivity contribution in [1.29, 1.82) is 0 Å². The van der Waals surface area contributed by atoms with Gasteiger partial charge in [-0.15, -0.1) is 0 Å². The largest absolute Gasteiger partial charge is 0.278 e. The molecule has 1 heterocycles. The first kappa shape index (κ1) is 14.9. The molecule has 3 heteroatoms. The van der Waals surface area contributed by atoms with E-state index >= 15 is 0 Å². The third kappa shape index (κ3) is 2.77. The van der Waals surface area contributed by atoms with Crippen LogP contribution in [0.4, 0.5) is 5.69 Å². The molecular formula is C21H15ClN2. The van der Waals surface area contributed by atoms with Crippen molar-refractivity contribution in [3.63, 3.8) is 0 Å². The van der Waals surface area contributed by atoms with Crippen LogP contribution in [-0.2, 0) is 6.54 Å². The van der Waals surface area contributed by atoms with Crippen molar-refractivity contribution in [2.45, 2.75) is 6.54 Å². The third-order valence-corrected chi connectivity index (χ3v) is 4.39. The van der Waals surface area contributed by atoms with Crippen LogP contribution in [0, 0.1) is 0 Å². The lowest BCUT2D eigenvalue weighted by atomic mass is 9.99. The molecule has 0 unspecified atom stereocenters. The quantitative estimate of drug-likeness (QED) is 0.595. The monoisotopic (exact) mass is 330 g/mol. The second-order valence-electron chi connectivity index (χ2n) is 5.59. The van der Waals surface area contributed by atoms with Crippen molar-refractivity contribution in [2.75, 3.05) is 0 Å². The number of aliphatic imine (C=N–C) groups is 2. The molecule has 0 atom stereocenters. The molecular weight excluding hydrogens is 316 g/mol. The van der Waals surface area contributed by atoms with E-state index in [1.54, 1.807) is 0 Å². The number of hydrogen-bond donors (Lipinski definition) is 0. The van der Waals surface area contributed by atoms with Gasteiger partial charge in [0.15, 0.2) is 0 Å². The summed E-state index contributed by atoms with van der Waals surface area (Å²) < 4.78 is 0. The molecule has 0 aliphatic carbocycles. The maximum atomic E-state index is 6.36. The minimum atomic E-state index is 0.527. The highest BCUT2D eigenvalue weighted by Gasteiger charge is 2.19. The van der Waals surface area contributed by atoms with Crippen molar-refractivity contribution in [1.82, 2.24) is 0 Å². The second-order valence-corrected chi connectivity index (χ2v) is 6.00. The van der Waals surface area contributed by atoms with Gasteiger partial charge in [0, 0.05) is 21.7 Å². The topological polar surface area (TPSA) is 24.7 Å². The van der Waals surface area contributed by atoms with E-state index in [9.17, 15) is 0 Å². The average Bonchev–Trinajstić information content (AvgIpc) is 2.84.